The van der Waals surface area contributed by atoms with Gasteiger partial charge in [-0.25, -0.2) is 4.98 Å². The molecule has 0 aliphatic carbocycles. The second kappa shape index (κ2) is 4.92. The maximum absolute atomic E-state index is 5.87. The van der Waals surface area contributed by atoms with Crippen molar-refractivity contribution in [3.05, 3.63) is 52.6 Å². The number of hydrogen-bond donors (Lipinski definition) is 0. The van der Waals surface area contributed by atoms with Gasteiger partial charge < -0.3 is 4.74 Å². The summed E-state index contributed by atoms with van der Waals surface area (Å²) in [6, 6.07) is 11.9. The number of fused-ring (bicyclic) bond motifs is 1. The van der Waals surface area contributed by atoms with Crippen LogP contribution in [0.2, 0.25) is 5.28 Å². The molecule has 2 aromatic heterocycles. The van der Waals surface area contributed by atoms with Crippen LogP contribution in [0.15, 0.2) is 41.8 Å². The Morgan fingerprint density at radius 3 is 2.78 bits per heavy atom. The van der Waals surface area contributed by atoms with Gasteiger partial charge >= 0.3 is 0 Å². The van der Waals surface area contributed by atoms with Gasteiger partial charge in [-0.2, -0.15) is 4.98 Å². The summed E-state index contributed by atoms with van der Waals surface area (Å²) in [4.78, 5) is 9.12. The molecule has 3 nitrogen and oxygen atoms in total. The summed E-state index contributed by atoms with van der Waals surface area (Å²) in [5.74, 6) is 0.537. The standard InChI is InChI=1S/C13H9ClN2OS/c14-13-15-11(10-6-7-18-12(10)16-13)17-8-9-4-2-1-3-5-9/h1-7H,8H2. The van der Waals surface area contributed by atoms with E-state index in [0.29, 0.717) is 12.5 Å². The van der Waals surface area contributed by atoms with Crippen molar-refractivity contribution >= 4 is 33.2 Å². The van der Waals surface area contributed by atoms with Gasteiger partial charge in [0, 0.05) is 0 Å². The van der Waals surface area contributed by atoms with Crippen LogP contribution in [0.1, 0.15) is 5.56 Å². The normalized spacial score (nSPS) is 10.7. The van der Waals surface area contributed by atoms with Crippen LogP contribution in [0.5, 0.6) is 5.88 Å². The molecule has 0 amide bonds. The minimum atomic E-state index is 0.216. The van der Waals surface area contributed by atoms with E-state index < -0.39 is 0 Å². The molecule has 0 spiro atoms. The van der Waals surface area contributed by atoms with E-state index in [4.69, 9.17) is 16.3 Å². The zero-order valence-corrected chi connectivity index (χ0v) is 10.9. The van der Waals surface area contributed by atoms with Crippen molar-refractivity contribution in [2.24, 2.45) is 0 Å². The molecule has 0 atom stereocenters. The summed E-state index contributed by atoms with van der Waals surface area (Å²) in [6.45, 7) is 0.471. The molecule has 0 aliphatic rings. The number of thiophene rings is 1. The molecule has 0 saturated carbocycles. The van der Waals surface area contributed by atoms with E-state index in [1.54, 1.807) is 0 Å². The molecule has 0 bridgehead atoms. The first-order valence-corrected chi connectivity index (χ1v) is 6.66. The molecule has 90 valence electrons. The van der Waals surface area contributed by atoms with Crippen molar-refractivity contribution in [1.29, 1.82) is 0 Å². The van der Waals surface area contributed by atoms with Gasteiger partial charge in [-0.3, -0.25) is 0 Å². The molecule has 0 fully saturated rings. The number of ether oxygens (including phenoxy) is 1. The third kappa shape index (κ3) is 2.30. The van der Waals surface area contributed by atoms with Crippen LogP contribution in [-0.2, 0) is 6.61 Å². The Hall–Kier alpha value is -1.65. The van der Waals surface area contributed by atoms with Gasteiger partial charge in [0.25, 0.3) is 0 Å². The maximum Gasteiger partial charge on any atom is 0.227 e. The van der Waals surface area contributed by atoms with E-state index in [-0.39, 0.29) is 5.28 Å². The Balaban J connectivity index is 1.88. The maximum atomic E-state index is 5.87. The second-order valence-corrected chi connectivity index (χ2v) is 4.94. The van der Waals surface area contributed by atoms with E-state index in [9.17, 15) is 0 Å². The average Bonchev–Trinajstić information content (AvgIpc) is 2.85. The minimum Gasteiger partial charge on any atom is -0.472 e. The predicted molar refractivity (Wildman–Crippen MR) is 73.2 cm³/mol. The quantitative estimate of drug-likeness (QED) is 0.680. The van der Waals surface area contributed by atoms with E-state index in [1.807, 2.05) is 41.8 Å². The van der Waals surface area contributed by atoms with Gasteiger partial charge in [0.05, 0.1) is 5.39 Å². The van der Waals surface area contributed by atoms with Gasteiger partial charge in [-0.15, -0.1) is 11.3 Å². The molecule has 0 unspecified atom stereocenters. The molecule has 5 heteroatoms. The van der Waals surface area contributed by atoms with Crippen molar-refractivity contribution < 1.29 is 4.74 Å². The van der Waals surface area contributed by atoms with Crippen LogP contribution in [0, 0.1) is 0 Å². The summed E-state index contributed by atoms with van der Waals surface area (Å²) < 4.78 is 5.72. The summed E-state index contributed by atoms with van der Waals surface area (Å²) in [5.41, 5.74) is 1.09. The van der Waals surface area contributed by atoms with Crippen molar-refractivity contribution in [1.82, 2.24) is 9.97 Å². The molecule has 0 saturated heterocycles. The number of halogens is 1. The highest BCUT2D eigenvalue weighted by molar-refractivity contribution is 7.16. The van der Waals surface area contributed by atoms with Gasteiger partial charge in [-0.1, -0.05) is 30.3 Å². The van der Waals surface area contributed by atoms with Crippen LogP contribution in [-0.4, -0.2) is 9.97 Å². The number of rotatable bonds is 3. The fraction of sp³-hybridized carbons (Fsp3) is 0.0769. The highest BCUT2D eigenvalue weighted by Crippen LogP contribution is 2.28. The third-order valence-electron chi connectivity index (χ3n) is 2.48. The van der Waals surface area contributed by atoms with Crippen molar-refractivity contribution in [2.45, 2.75) is 6.61 Å². The second-order valence-electron chi connectivity index (χ2n) is 3.71. The minimum absolute atomic E-state index is 0.216. The smallest absolute Gasteiger partial charge is 0.227 e. The summed E-state index contributed by atoms with van der Waals surface area (Å²) in [7, 11) is 0. The summed E-state index contributed by atoms with van der Waals surface area (Å²) in [6.07, 6.45) is 0. The van der Waals surface area contributed by atoms with Crippen LogP contribution < -0.4 is 4.74 Å². The molecule has 1 aromatic carbocycles. The number of hydrogen-bond acceptors (Lipinski definition) is 4. The Bertz CT molecular complexity index is 669. The van der Waals surface area contributed by atoms with Crippen LogP contribution >= 0.6 is 22.9 Å². The topological polar surface area (TPSA) is 35.0 Å². The van der Waals surface area contributed by atoms with Gasteiger partial charge in [0.15, 0.2) is 0 Å². The monoisotopic (exact) mass is 276 g/mol. The van der Waals surface area contributed by atoms with Crippen molar-refractivity contribution in [3.8, 4) is 5.88 Å². The predicted octanol–water partition coefficient (Wildman–Crippen LogP) is 3.92. The van der Waals surface area contributed by atoms with Crippen LogP contribution in [0.3, 0.4) is 0 Å². The zero-order chi connectivity index (χ0) is 12.4. The number of aromatic nitrogens is 2. The fourth-order valence-corrected chi connectivity index (χ4v) is 2.61. The molecule has 18 heavy (non-hydrogen) atoms. The SMILES string of the molecule is Clc1nc(OCc2ccccc2)c2ccsc2n1. The lowest BCUT2D eigenvalue weighted by Gasteiger charge is -2.06. The van der Waals surface area contributed by atoms with E-state index in [1.165, 1.54) is 11.3 Å². The lowest BCUT2D eigenvalue weighted by molar-refractivity contribution is 0.298. The number of benzene rings is 1. The third-order valence-corrected chi connectivity index (χ3v) is 3.46. The van der Waals surface area contributed by atoms with Crippen LogP contribution in [0.4, 0.5) is 0 Å². The van der Waals surface area contributed by atoms with Gasteiger partial charge in [0.1, 0.15) is 11.4 Å². The first kappa shape index (κ1) is 11.4. The molecule has 0 aliphatic heterocycles. The Morgan fingerprint density at radius 1 is 1.11 bits per heavy atom. The zero-order valence-electron chi connectivity index (χ0n) is 9.34. The molecule has 0 N–H and O–H groups in total. The lowest BCUT2D eigenvalue weighted by Crippen LogP contribution is -1.98. The largest absolute Gasteiger partial charge is 0.472 e. The Labute approximate surface area is 113 Å². The van der Waals surface area contributed by atoms with Crippen LogP contribution in [0.25, 0.3) is 10.2 Å². The van der Waals surface area contributed by atoms with Crippen molar-refractivity contribution in [3.63, 3.8) is 0 Å². The summed E-state index contributed by atoms with van der Waals surface area (Å²) in [5, 5.41) is 3.07. The first-order valence-electron chi connectivity index (χ1n) is 5.40. The molecular formula is C13H9ClN2OS. The molecule has 3 rings (SSSR count). The van der Waals surface area contributed by atoms with Gasteiger partial charge in [0.2, 0.25) is 11.2 Å². The molecule has 3 aromatic rings. The Kier molecular flexibility index (Phi) is 3.13. The highest BCUT2D eigenvalue weighted by atomic mass is 35.5. The summed E-state index contributed by atoms with van der Waals surface area (Å²) >= 11 is 7.39. The first-order chi connectivity index (χ1) is 8.83. The van der Waals surface area contributed by atoms with Gasteiger partial charge in [-0.05, 0) is 28.6 Å². The molecule has 0 radical (unpaired) electrons. The number of nitrogens with zero attached hydrogens (tertiary/aromatic N) is 2. The average molecular weight is 277 g/mol. The fourth-order valence-electron chi connectivity index (χ4n) is 1.64. The van der Waals surface area contributed by atoms with E-state index in [0.717, 1.165) is 15.8 Å². The lowest BCUT2D eigenvalue weighted by atomic mass is 10.2. The Morgan fingerprint density at radius 2 is 1.94 bits per heavy atom. The molecule has 2 heterocycles. The highest BCUT2D eigenvalue weighted by Gasteiger charge is 2.08. The van der Waals surface area contributed by atoms with E-state index >= 15 is 0 Å². The molecular weight excluding hydrogens is 268 g/mol. The van der Waals surface area contributed by atoms with E-state index in [2.05, 4.69) is 9.97 Å². The van der Waals surface area contributed by atoms with Crippen molar-refractivity contribution in [2.75, 3.05) is 0 Å².